The van der Waals surface area contributed by atoms with E-state index in [9.17, 15) is 0 Å². The lowest BCUT2D eigenvalue weighted by Gasteiger charge is -2.25. The summed E-state index contributed by atoms with van der Waals surface area (Å²) in [5.74, 6) is 0.799. The first-order valence-electron chi connectivity index (χ1n) is 5.60. The van der Waals surface area contributed by atoms with Crippen molar-refractivity contribution < 1.29 is 0 Å². The normalized spacial score (nSPS) is 12.4. The van der Waals surface area contributed by atoms with E-state index in [4.69, 9.17) is 23.8 Å². The summed E-state index contributed by atoms with van der Waals surface area (Å²) in [6.45, 7) is 2.10. The van der Waals surface area contributed by atoms with Crippen LogP contribution in [0.5, 0.6) is 0 Å². The zero-order valence-corrected chi connectivity index (χ0v) is 12.1. The Morgan fingerprint density at radius 2 is 2.22 bits per heavy atom. The van der Waals surface area contributed by atoms with Crippen LogP contribution in [0.25, 0.3) is 0 Å². The van der Waals surface area contributed by atoms with Crippen LogP contribution in [0.15, 0.2) is 24.3 Å². The summed E-state index contributed by atoms with van der Waals surface area (Å²) in [4.78, 5) is 2.05. The van der Waals surface area contributed by atoms with Crippen LogP contribution in [0.3, 0.4) is 0 Å². The van der Waals surface area contributed by atoms with Crippen molar-refractivity contribution in [3.8, 4) is 0 Å². The van der Waals surface area contributed by atoms with Crippen molar-refractivity contribution in [2.24, 2.45) is 7.05 Å². The predicted octanol–water partition coefficient (Wildman–Crippen LogP) is 3.33. The van der Waals surface area contributed by atoms with E-state index in [-0.39, 0.29) is 6.04 Å². The van der Waals surface area contributed by atoms with Crippen LogP contribution < -0.4 is 4.90 Å². The third kappa shape index (κ3) is 2.42. The number of aromatic amines is 1. The second-order valence-electron chi connectivity index (χ2n) is 4.23. The number of nitrogens with one attached hydrogen (secondary N) is 1. The van der Waals surface area contributed by atoms with Crippen LogP contribution in [-0.4, -0.2) is 21.8 Å². The van der Waals surface area contributed by atoms with E-state index in [1.807, 2.05) is 42.9 Å². The maximum absolute atomic E-state index is 6.01. The Labute approximate surface area is 116 Å². The van der Waals surface area contributed by atoms with Gasteiger partial charge in [-0.3, -0.25) is 4.57 Å². The van der Waals surface area contributed by atoms with Crippen LogP contribution in [-0.2, 0) is 7.05 Å². The highest BCUT2D eigenvalue weighted by Crippen LogP contribution is 2.25. The lowest BCUT2D eigenvalue weighted by atomic mass is 10.1. The first kappa shape index (κ1) is 13.1. The van der Waals surface area contributed by atoms with E-state index in [0.29, 0.717) is 4.77 Å². The number of halogens is 1. The Morgan fingerprint density at radius 3 is 2.78 bits per heavy atom. The molecule has 0 saturated heterocycles. The number of anilines is 1. The summed E-state index contributed by atoms with van der Waals surface area (Å²) >= 11 is 11.1. The summed E-state index contributed by atoms with van der Waals surface area (Å²) in [5.41, 5.74) is 1.14. The van der Waals surface area contributed by atoms with E-state index in [1.165, 1.54) is 0 Å². The van der Waals surface area contributed by atoms with Crippen molar-refractivity contribution in [1.29, 1.82) is 0 Å². The van der Waals surface area contributed by atoms with Gasteiger partial charge in [0.15, 0.2) is 4.77 Å². The first-order chi connectivity index (χ1) is 8.50. The fraction of sp³-hybridized carbons (Fsp3) is 0.333. The molecule has 6 heteroatoms. The van der Waals surface area contributed by atoms with Crippen LogP contribution in [0, 0.1) is 4.77 Å². The molecule has 2 aromatic rings. The molecule has 0 fully saturated rings. The zero-order valence-electron chi connectivity index (χ0n) is 10.5. The van der Waals surface area contributed by atoms with E-state index in [1.54, 1.807) is 0 Å². The molecule has 4 nitrogen and oxygen atoms in total. The monoisotopic (exact) mass is 282 g/mol. The molecule has 0 spiro atoms. The molecule has 1 unspecified atom stereocenters. The highest BCUT2D eigenvalue weighted by molar-refractivity contribution is 7.71. The molecule has 1 N–H and O–H groups in total. The Morgan fingerprint density at radius 1 is 1.50 bits per heavy atom. The standard InChI is InChI=1S/C12H15ClN4S/c1-8(9-5-4-6-10(13)7-9)16(2)11-14-15-12(18)17(11)3/h4-8H,1-3H3,(H,15,18). The molecular weight excluding hydrogens is 268 g/mol. The van der Waals surface area contributed by atoms with Crippen LogP contribution in [0.2, 0.25) is 5.02 Å². The summed E-state index contributed by atoms with van der Waals surface area (Å²) in [6.07, 6.45) is 0. The maximum Gasteiger partial charge on any atom is 0.225 e. The van der Waals surface area contributed by atoms with E-state index in [2.05, 4.69) is 22.0 Å². The molecule has 0 bridgehead atoms. The van der Waals surface area contributed by atoms with Crippen LogP contribution in [0.4, 0.5) is 5.95 Å². The molecule has 0 aliphatic heterocycles. The van der Waals surface area contributed by atoms with Gasteiger partial charge < -0.3 is 4.90 Å². The molecule has 0 saturated carbocycles. The average molecular weight is 283 g/mol. The van der Waals surface area contributed by atoms with Crippen molar-refractivity contribution >= 4 is 29.8 Å². The molecule has 1 atom stereocenters. The number of aromatic nitrogens is 3. The molecule has 18 heavy (non-hydrogen) atoms. The predicted molar refractivity (Wildman–Crippen MR) is 76.7 cm³/mol. The Kier molecular flexibility index (Phi) is 3.73. The lowest BCUT2D eigenvalue weighted by Crippen LogP contribution is -2.24. The molecule has 0 aliphatic carbocycles. The van der Waals surface area contributed by atoms with Gasteiger partial charge in [0, 0.05) is 19.1 Å². The topological polar surface area (TPSA) is 36.9 Å². The van der Waals surface area contributed by atoms with Crippen LogP contribution in [0.1, 0.15) is 18.5 Å². The van der Waals surface area contributed by atoms with E-state index >= 15 is 0 Å². The van der Waals surface area contributed by atoms with E-state index in [0.717, 1.165) is 16.5 Å². The molecule has 1 heterocycles. The minimum Gasteiger partial charge on any atom is -0.337 e. The van der Waals surface area contributed by atoms with Gasteiger partial charge in [0.25, 0.3) is 0 Å². The Balaban J connectivity index is 2.31. The summed E-state index contributed by atoms with van der Waals surface area (Å²) in [6, 6.07) is 7.99. The second kappa shape index (κ2) is 5.12. The van der Waals surface area contributed by atoms with Gasteiger partial charge in [-0.15, -0.1) is 5.10 Å². The first-order valence-corrected chi connectivity index (χ1v) is 6.39. The maximum atomic E-state index is 6.01. The number of H-pyrrole nitrogens is 1. The fourth-order valence-corrected chi connectivity index (χ4v) is 2.14. The number of benzene rings is 1. The van der Waals surface area contributed by atoms with Gasteiger partial charge in [-0.2, -0.15) is 0 Å². The summed E-state index contributed by atoms with van der Waals surface area (Å²) < 4.78 is 2.45. The van der Waals surface area contributed by atoms with Gasteiger partial charge in [0.2, 0.25) is 5.95 Å². The fourth-order valence-electron chi connectivity index (χ4n) is 1.82. The summed E-state index contributed by atoms with van der Waals surface area (Å²) in [7, 11) is 3.87. The average Bonchev–Trinajstić information content (AvgIpc) is 2.68. The molecule has 0 amide bonds. The largest absolute Gasteiger partial charge is 0.337 e. The highest BCUT2D eigenvalue weighted by Gasteiger charge is 2.16. The molecule has 0 aliphatic rings. The minimum atomic E-state index is 0.160. The third-order valence-electron chi connectivity index (χ3n) is 3.08. The molecule has 0 radical (unpaired) electrons. The van der Waals surface area contributed by atoms with Gasteiger partial charge in [-0.25, -0.2) is 5.10 Å². The quantitative estimate of drug-likeness (QED) is 0.878. The van der Waals surface area contributed by atoms with Crippen molar-refractivity contribution in [2.45, 2.75) is 13.0 Å². The SMILES string of the molecule is CC(c1cccc(Cl)c1)N(C)c1n[nH]c(=S)n1C. The third-order valence-corrected chi connectivity index (χ3v) is 3.68. The molecule has 96 valence electrons. The van der Waals surface area contributed by atoms with Gasteiger partial charge in [-0.05, 0) is 36.8 Å². The number of hydrogen-bond donors (Lipinski definition) is 1. The van der Waals surface area contributed by atoms with E-state index < -0.39 is 0 Å². The lowest BCUT2D eigenvalue weighted by molar-refractivity contribution is 0.693. The van der Waals surface area contributed by atoms with Crippen molar-refractivity contribution in [2.75, 3.05) is 11.9 Å². The Bertz CT molecular complexity index is 604. The molecular formula is C12H15ClN4S. The second-order valence-corrected chi connectivity index (χ2v) is 5.05. The van der Waals surface area contributed by atoms with Gasteiger partial charge in [0.1, 0.15) is 0 Å². The van der Waals surface area contributed by atoms with Gasteiger partial charge in [0.05, 0.1) is 6.04 Å². The van der Waals surface area contributed by atoms with Crippen molar-refractivity contribution in [1.82, 2.24) is 14.8 Å². The Hall–Kier alpha value is -1.33. The summed E-state index contributed by atoms with van der Waals surface area (Å²) in [5, 5.41) is 7.75. The molecule has 1 aromatic heterocycles. The smallest absolute Gasteiger partial charge is 0.225 e. The molecule has 1 aromatic carbocycles. The number of rotatable bonds is 3. The van der Waals surface area contributed by atoms with Crippen molar-refractivity contribution in [3.05, 3.63) is 39.6 Å². The van der Waals surface area contributed by atoms with Gasteiger partial charge in [-0.1, -0.05) is 23.7 Å². The van der Waals surface area contributed by atoms with Crippen LogP contribution >= 0.6 is 23.8 Å². The minimum absolute atomic E-state index is 0.160. The van der Waals surface area contributed by atoms with Crippen molar-refractivity contribution in [3.63, 3.8) is 0 Å². The van der Waals surface area contributed by atoms with Gasteiger partial charge >= 0.3 is 0 Å². The molecule has 2 rings (SSSR count). The number of nitrogens with zero attached hydrogens (tertiary/aromatic N) is 3. The number of hydrogen-bond acceptors (Lipinski definition) is 3. The highest BCUT2D eigenvalue weighted by atomic mass is 35.5. The zero-order chi connectivity index (χ0) is 13.3.